The van der Waals surface area contributed by atoms with Crippen LogP contribution in [0.4, 0.5) is 0 Å². The van der Waals surface area contributed by atoms with Gasteiger partial charge in [0.15, 0.2) is 0 Å². The summed E-state index contributed by atoms with van der Waals surface area (Å²) in [6, 6.07) is 8.51. The summed E-state index contributed by atoms with van der Waals surface area (Å²) in [5.74, 6) is 0.162. The lowest BCUT2D eigenvalue weighted by Gasteiger charge is -2.33. The third kappa shape index (κ3) is 6.39. The first-order valence-corrected chi connectivity index (χ1v) is 9.25. The van der Waals surface area contributed by atoms with Crippen molar-refractivity contribution in [2.24, 2.45) is 0 Å². The first kappa shape index (κ1) is 23.2. The standard InChI is InChI=1S/C19H30N4O.2ClH/c1-16(23-12-7-17-5-2-3-6-18(17)15-23)19(24)21-8-4-11-22-13-9-20-10-14-22;;/h2-3,5-6,16,20H,4,7-15H2,1H3,(H,21,24);2*1H. The highest BCUT2D eigenvalue weighted by molar-refractivity contribution is 5.85. The van der Waals surface area contributed by atoms with Crippen LogP contribution in [-0.4, -0.2) is 67.6 Å². The van der Waals surface area contributed by atoms with Gasteiger partial charge in [0.1, 0.15) is 0 Å². The highest BCUT2D eigenvalue weighted by Gasteiger charge is 2.24. The molecule has 0 bridgehead atoms. The molecule has 1 saturated heterocycles. The predicted octanol–water partition coefficient (Wildman–Crippen LogP) is 1.69. The Hall–Kier alpha value is -0.850. The molecule has 2 aliphatic rings. The van der Waals surface area contributed by atoms with Gasteiger partial charge in [-0.15, -0.1) is 24.8 Å². The van der Waals surface area contributed by atoms with Gasteiger partial charge in [-0.25, -0.2) is 0 Å². The molecule has 0 spiro atoms. The fourth-order valence-corrected chi connectivity index (χ4v) is 3.61. The van der Waals surface area contributed by atoms with Crippen molar-refractivity contribution in [2.75, 3.05) is 45.8 Å². The number of fused-ring (bicyclic) bond motifs is 1. The van der Waals surface area contributed by atoms with Crippen LogP contribution < -0.4 is 10.6 Å². The molecule has 0 saturated carbocycles. The van der Waals surface area contributed by atoms with Gasteiger partial charge in [0.2, 0.25) is 5.91 Å². The van der Waals surface area contributed by atoms with Gasteiger partial charge in [0.05, 0.1) is 6.04 Å². The minimum atomic E-state index is -0.0578. The van der Waals surface area contributed by atoms with Crippen LogP contribution in [0.2, 0.25) is 0 Å². The molecule has 1 aromatic rings. The maximum atomic E-state index is 12.4. The van der Waals surface area contributed by atoms with Gasteiger partial charge in [-0.1, -0.05) is 24.3 Å². The molecule has 0 aliphatic carbocycles. The monoisotopic (exact) mass is 402 g/mol. The maximum Gasteiger partial charge on any atom is 0.237 e. The van der Waals surface area contributed by atoms with Crippen LogP contribution >= 0.6 is 24.8 Å². The van der Waals surface area contributed by atoms with E-state index in [9.17, 15) is 4.79 Å². The Morgan fingerprint density at radius 3 is 2.58 bits per heavy atom. The van der Waals surface area contributed by atoms with Gasteiger partial charge in [-0.2, -0.15) is 0 Å². The molecular weight excluding hydrogens is 371 g/mol. The molecule has 1 unspecified atom stereocenters. The molecule has 148 valence electrons. The third-order valence-corrected chi connectivity index (χ3v) is 5.25. The smallest absolute Gasteiger partial charge is 0.237 e. The van der Waals surface area contributed by atoms with E-state index < -0.39 is 0 Å². The molecule has 1 amide bonds. The molecule has 0 radical (unpaired) electrons. The highest BCUT2D eigenvalue weighted by atomic mass is 35.5. The minimum Gasteiger partial charge on any atom is -0.355 e. The summed E-state index contributed by atoms with van der Waals surface area (Å²) in [7, 11) is 0. The number of amides is 1. The fourth-order valence-electron chi connectivity index (χ4n) is 3.61. The summed E-state index contributed by atoms with van der Waals surface area (Å²) < 4.78 is 0. The number of nitrogens with zero attached hydrogens (tertiary/aromatic N) is 2. The van der Waals surface area contributed by atoms with Gasteiger partial charge in [0.25, 0.3) is 0 Å². The van der Waals surface area contributed by atoms with Crippen molar-refractivity contribution in [3.05, 3.63) is 35.4 Å². The van der Waals surface area contributed by atoms with Crippen LogP contribution in [0.25, 0.3) is 0 Å². The van der Waals surface area contributed by atoms with Crippen molar-refractivity contribution in [3.8, 4) is 0 Å². The Kier molecular flexibility index (Phi) is 10.5. The number of benzene rings is 1. The number of halogens is 2. The lowest BCUT2D eigenvalue weighted by atomic mass is 9.99. The zero-order valence-corrected chi connectivity index (χ0v) is 17.2. The quantitative estimate of drug-likeness (QED) is 0.710. The molecule has 2 N–H and O–H groups in total. The van der Waals surface area contributed by atoms with E-state index in [-0.39, 0.29) is 36.8 Å². The Bertz CT molecular complexity index is 552. The normalized spacial score (nSPS) is 18.8. The van der Waals surface area contributed by atoms with Crippen molar-refractivity contribution in [3.63, 3.8) is 0 Å². The second-order valence-electron chi connectivity index (χ2n) is 6.90. The Balaban J connectivity index is 0.00000169. The van der Waals surface area contributed by atoms with E-state index in [4.69, 9.17) is 0 Å². The number of hydrogen-bond acceptors (Lipinski definition) is 4. The number of nitrogens with one attached hydrogen (secondary N) is 2. The summed E-state index contributed by atoms with van der Waals surface area (Å²) in [4.78, 5) is 17.2. The summed E-state index contributed by atoms with van der Waals surface area (Å²) >= 11 is 0. The first-order valence-electron chi connectivity index (χ1n) is 9.25. The topological polar surface area (TPSA) is 47.6 Å². The Morgan fingerprint density at radius 1 is 1.15 bits per heavy atom. The van der Waals surface area contributed by atoms with Gasteiger partial charge in [-0.3, -0.25) is 9.69 Å². The van der Waals surface area contributed by atoms with E-state index in [1.807, 2.05) is 6.92 Å². The number of carbonyl (C=O) groups excluding carboxylic acids is 1. The summed E-state index contributed by atoms with van der Waals surface area (Å²) in [5, 5.41) is 6.49. The lowest BCUT2D eigenvalue weighted by molar-refractivity contribution is -0.126. The van der Waals surface area contributed by atoms with Gasteiger partial charge < -0.3 is 15.5 Å². The molecular formula is C19H32Cl2N4O. The molecule has 26 heavy (non-hydrogen) atoms. The van der Waals surface area contributed by atoms with E-state index in [0.717, 1.165) is 65.2 Å². The highest BCUT2D eigenvalue weighted by Crippen LogP contribution is 2.20. The number of carbonyl (C=O) groups is 1. The van der Waals surface area contributed by atoms with Crippen molar-refractivity contribution >= 4 is 30.7 Å². The summed E-state index contributed by atoms with van der Waals surface area (Å²) in [6.45, 7) is 10.1. The van der Waals surface area contributed by atoms with Gasteiger partial charge in [-0.05, 0) is 37.4 Å². The molecule has 2 aliphatic heterocycles. The van der Waals surface area contributed by atoms with Gasteiger partial charge >= 0.3 is 0 Å². The minimum absolute atomic E-state index is 0. The predicted molar refractivity (Wildman–Crippen MR) is 111 cm³/mol. The fraction of sp³-hybridized carbons (Fsp3) is 0.632. The molecule has 2 heterocycles. The van der Waals surface area contributed by atoms with E-state index in [2.05, 4.69) is 44.7 Å². The third-order valence-electron chi connectivity index (χ3n) is 5.25. The largest absolute Gasteiger partial charge is 0.355 e. The summed E-state index contributed by atoms with van der Waals surface area (Å²) in [6.07, 6.45) is 2.07. The van der Waals surface area contributed by atoms with Crippen molar-refractivity contribution in [2.45, 2.75) is 32.4 Å². The van der Waals surface area contributed by atoms with Crippen LogP contribution in [0.15, 0.2) is 24.3 Å². The average Bonchev–Trinajstić information content (AvgIpc) is 2.65. The van der Waals surface area contributed by atoms with Crippen LogP contribution in [0.1, 0.15) is 24.5 Å². The second kappa shape index (κ2) is 11.8. The van der Waals surface area contributed by atoms with Crippen LogP contribution in [0.5, 0.6) is 0 Å². The number of hydrogen-bond donors (Lipinski definition) is 2. The molecule has 0 aromatic heterocycles. The van der Waals surface area contributed by atoms with E-state index in [1.165, 1.54) is 11.1 Å². The van der Waals surface area contributed by atoms with Crippen molar-refractivity contribution in [1.82, 2.24) is 20.4 Å². The molecule has 3 rings (SSSR count). The SMILES string of the molecule is CC(C(=O)NCCCN1CCNCC1)N1CCc2ccccc2C1.Cl.Cl. The number of piperazine rings is 1. The van der Waals surface area contributed by atoms with E-state index >= 15 is 0 Å². The maximum absolute atomic E-state index is 12.4. The summed E-state index contributed by atoms with van der Waals surface area (Å²) in [5.41, 5.74) is 2.79. The zero-order chi connectivity index (χ0) is 16.8. The van der Waals surface area contributed by atoms with Crippen LogP contribution in [-0.2, 0) is 17.8 Å². The Labute approximate surface area is 169 Å². The van der Waals surface area contributed by atoms with E-state index in [0.29, 0.717) is 0 Å². The average molecular weight is 403 g/mol. The molecule has 5 nitrogen and oxygen atoms in total. The van der Waals surface area contributed by atoms with Crippen LogP contribution in [0.3, 0.4) is 0 Å². The zero-order valence-electron chi connectivity index (χ0n) is 15.6. The molecule has 1 fully saturated rings. The molecule has 1 atom stereocenters. The van der Waals surface area contributed by atoms with Crippen molar-refractivity contribution in [1.29, 1.82) is 0 Å². The van der Waals surface area contributed by atoms with Gasteiger partial charge in [0, 0.05) is 45.8 Å². The van der Waals surface area contributed by atoms with Crippen LogP contribution in [0, 0.1) is 0 Å². The Morgan fingerprint density at radius 2 is 1.85 bits per heavy atom. The van der Waals surface area contributed by atoms with Crippen molar-refractivity contribution < 1.29 is 4.79 Å². The van der Waals surface area contributed by atoms with E-state index in [1.54, 1.807) is 0 Å². The first-order chi connectivity index (χ1) is 11.7. The second-order valence-corrected chi connectivity index (χ2v) is 6.90. The molecule has 1 aromatic carbocycles. The number of rotatable bonds is 6. The lowest BCUT2D eigenvalue weighted by Crippen LogP contribution is -2.48. The molecule has 7 heteroatoms.